The lowest BCUT2D eigenvalue weighted by atomic mass is 10.0. The SMILES string of the molecule is Cc1cc(C)c(C)c(S(=O)(=O)OCCCC#CC#CCCCOS(=O)(=O)c2c(C)c(C)cc(C)c2C)c1C. The molecule has 2 aromatic rings. The van der Waals surface area contributed by atoms with E-state index in [9.17, 15) is 16.8 Å². The normalized spacial score (nSPS) is 11.5. The Morgan fingerprint density at radius 1 is 0.553 bits per heavy atom. The highest BCUT2D eigenvalue weighted by Crippen LogP contribution is 2.28. The summed E-state index contributed by atoms with van der Waals surface area (Å²) in [6, 6.07) is 3.95. The summed E-state index contributed by atoms with van der Waals surface area (Å²) in [5.74, 6) is 11.2. The molecule has 0 saturated carbocycles. The minimum Gasteiger partial charge on any atom is -0.266 e. The van der Waals surface area contributed by atoms with Gasteiger partial charge >= 0.3 is 0 Å². The van der Waals surface area contributed by atoms with E-state index in [2.05, 4.69) is 23.7 Å². The van der Waals surface area contributed by atoms with Gasteiger partial charge in [-0.05, 0) is 125 Å². The largest absolute Gasteiger partial charge is 0.297 e. The van der Waals surface area contributed by atoms with Crippen LogP contribution in [0, 0.1) is 79.1 Å². The third-order valence-electron chi connectivity index (χ3n) is 6.70. The van der Waals surface area contributed by atoms with E-state index in [1.54, 1.807) is 27.7 Å². The fraction of sp³-hybridized carbons (Fsp3) is 0.467. The van der Waals surface area contributed by atoms with Crippen molar-refractivity contribution in [2.75, 3.05) is 13.2 Å². The van der Waals surface area contributed by atoms with Crippen LogP contribution in [0.2, 0.25) is 0 Å². The molecule has 0 bridgehead atoms. The first kappa shape index (κ1) is 31.6. The van der Waals surface area contributed by atoms with Crippen LogP contribution in [0.5, 0.6) is 0 Å². The lowest BCUT2D eigenvalue weighted by Gasteiger charge is -2.15. The Hall–Kier alpha value is -2.62. The quantitative estimate of drug-likeness (QED) is 0.207. The van der Waals surface area contributed by atoms with E-state index < -0.39 is 20.2 Å². The maximum atomic E-state index is 12.7. The van der Waals surface area contributed by atoms with Gasteiger partial charge in [-0.2, -0.15) is 16.8 Å². The minimum atomic E-state index is -3.85. The van der Waals surface area contributed by atoms with Crippen LogP contribution in [0.1, 0.15) is 70.2 Å². The standard InChI is InChI=1S/C30H38O6S2/c1-21-19-22(2)26(6)29(25(21)5)37(31,32)35-17-15-13-11-9-10-12-14-16-18-36-38(33,34)30-27(7)23(3)20-24(4)28(30)8/h19-20H,13-18H2,1-8H3. The van der Waals surface area contributed by atoms with Gasteiger partial charge in [-0.25, -0.2) is 0 Å². The van der Waals surface area contributed by atoms with Gasteiger partial charge in [0.2, 0.25) is 0 Å². The summed E-state index contributed by atoms with van der Waals surface area (Å²) in [6.45, 7) is 14.8. The Kier molecular flexibility index (Phi) is 11.2. The second kappa shape index (κ2) is 13.4. The summed E-state index contributed by atoms with van der Waals surface area (Å²) < 4.78 is 61.4. The first-order valence-corrected chi connectivity index (χ1v) is 15.4. The van der Waals surface area contributed by atoms with Gasteiger partial charge in [0.1, 0.15) is 9.79 Å². The van der Waals surface area contributed by atoms with Crippen molar-refractivity contribution in [2.45, 2.75) is 90.9 Å². The van der Waals surface area contributed by atoms with E-state index in [0.29, 0.717) is 47.9 Å². The zero-order valence-corrected chi connectivity index (χ0v) is 25.3. The fourth-order valence-electron chi connectivity index (χ4n) is 4.10. The summed E-state index contributed by atoms with van der Waals surface area (Å²) in [5.41, 5.74) is 6.50. The summed E-state index contributed by atoms with van der Waals surface area (Å²) in [4.78, 5) is 0.506. The molecule has 0 aliphatic rings. The van der Waals surface area contributed by atoms with Crippen LogP contribution in [-0.2, 0) is 28.6 Å². The van der Waals surface area contributed by atoms with Crippen LogP contribution in [0.3, 0.4) is 0 Å². The number of benzene rings is 2. The van der Waals surface area contributed by atoms with E-state index in [-0.39, 0.29) is 23.0 Å². The molecule has 0 heterocycles. The smallest absolute Gasteiger partial charge is 0.266 e. The van der Waals surface area contributed by atoms with Crippen molar-refractivity contribution in [2.24, 2.45) is 0 Å². The van der Waals surface area contributed by atoms with Crippen LogP contribution in [0.4, 0.5) is 0 Å². The van der Waals surface area contributed by atoms with Crippen molar-refractivity contribution in [1.82, 2.24) is 0 Å². The molecule has 0 N–H and O–H groups in total. The van der Waals surface area contributed by atoms with Gasteiger partial charge in [0.05, 0.1) is 13.2 Å². The summed E-state index contributed by atoms with van der Waals surface area (Å²) in [6.07, 6.45) is 1.81. The molecular weight excluding hydrogens is 520 g/mol. The van der Waals surface area contributed by atoms with Crippen molar-refractivity contribution in [3.63, 3.8) is 0 Å². The van der Waals surface area contributed by atoms with E-state index >= 15 is 0 Å². The summed E-state index contributed by atoms with van der Waals surface area (Å²) >= 11 is 0. The molecule has 0 unspecified atom stereocenters. The van der Waals surface area contributed by atoms with Crippen LogP contribution in [0.25, 0.3) is 0 Å². The molecule has 0 aliphatic carbocycles. The molecule has 0 radical (unpaired) electrons. The predicted octanol–water partition coefficient (Wildman–Crippen LogP) is 5.83. The predicted molar refractivity (Wildman–Crippen MR) is 151 cm³/mol. The number of unbranched alkanes of at least 4 members (excludes halogenated alkanes) is 2. The van der Waals surface area contributed by atoms with Crippen molar-refractivity contribution in [1.29, 1.82) is 0 Å². The molecule has 0 aromatic heterocycles. The fourth-order valence-corrected chi connectivity index (χ4v) is 7.16. The molecular formula is C30H38O6S2. The van der Waals surface area contributed by atoms with Crippen molar-refractivity contribution >= 4 is 20.2 Å². The molecule has 0 atom stereocenters. The second-order valence-corrected chi connectivity index (χ2v) is 12.6. The highest BCUT2D eigenvalue weighted by molar-refractivity contribution is 7.87. The zero-order chi connectivity index (χ0) is 28.7. The van der Waals surface area contributed by atoms with Crippen LogP contribution in [-0.4, -0.2) is 30.0 Å². The van der Waals surface area contributed by atoms with Gasteiger partial charge in [0.25, 0.3) is 20.2 Å². The molecule has 0 amide bonds. The van der Waals surface area contributed by atoms with Crippen molar-refractivity contribution in [3.05, 3.63) is 56.6 Å². The molecule has 0 aliphatic heterocycles. The number of aryl methyl sites for hydroxylation is 4. The van der Waals surface area contributed by atoms with Gasteiger partial charge in [0.15, 0.2) is 0 Å². The van der Waals surface area contributed by atoms with Gasteiger partial charge in [0, 0.05) is 12.8 Å². The monoisotopic (exact) mass is 558 g/mol. The Morgan fingerprint density at radius 2 is 0.842 bits per heavy atom. The Bertz CT molecular complexity index is 1360. The van der Waals surface area contributed by atoms with Gasteiger partial charge in [-0.3, -0.25) is 8.37 Å². The van der Waals surface area contributed by atoms with E-state index in [4.69, 9.17) is 8.37 Å². The first-order valence-electron chi connectivity index (χ1n) is 12.6. The van der Waals surface area contributed by atoms with Crippen molar-refractivity contribution in [3.8, 4) is 23.7 Å². The lowest BCUT2D eigenvalue weighted by molar-refractivity contribution is 0.312. The number of hydrogen-bond acceptors (Lipinski definition) is 6. The molecule has 0 fully saturated rings. The topological polar surface area (TPSA) is 86.7 Å². The maximum Gasteiger partial charge on any atom is 0.297 e. The highest BCUT2D eigenvalue weighted by atomic mass is 32.2. The van der Waals surface area contributed by atoms with E-state index in [0.717, 1.165) is 22.3 Å². The summed E-state index contributed by atoms with van der Waals surface area (Å²) in [5, 5.41) is 0. The van der Waals surface area contributed by atoms with Crippen LogP contribution in [0.15, 0.2) is 21.9 Å². The average Bonchev–Trinajstić information content (AvgIpc) is 2.82. The Labute approximate surface area is 229 Å². The molecule has 2 aromatic carbocycles. The lowest BCUT2D eigenvalue weighted by Crippen LogP contribution is -2.12. The molecule has 0 saturated heterocycles. The average molecular weight is 559 g/mol. The van der Waals surface area contributed by atoms with E-state index in [1.165, 1.54) is 0 Å². The van der Waals surface area contributed by atoms with Crippen LogP contribution < -0.4 is 0 Å². The second-order valence-electron chi connectivity index (χ2n) is 9.54. The third-order valence-corrected chi connectivity index (χ3v) is 9.88. The molecule has 8 heteroatoms. The third kappa shape index (κ3) is 7.94. The number of hydrogen-bond donors (Lipinski definition) is 0. The van der Waals surface area contributed by atoms with Gasteiger partial charge < -0.3 is 0 Å². The maximum absolute atomic E-state index is 12.7. The molecule has 0 spiro atoms. The van der Waals surface area contributed by atoms with Crippen LogP contribution >= 0.6 is 0 Å². The van der Waals surface area contributed by atoms with Crippen molar-refractivity contribution < 1.29 is 25.2 Å². The van der Waals surface area contributed by atoms with E-state index in [1.807, 2.05) is 39.8 Å². The van der Waals surface area contributed by atoms with Gasteiger partial charge in [-0.1, -0.05) is 24.0 Å². The molecule has 38 heavy (non-hydrogen) atoms. The molecule has 6 nitrogen and oxygen atoms in total. The summed E-state index contributed by atoms with van der Waals surface area (Å²) in [7, 11) is -7.69. The first-order chi connectivity index (χ1) is 17.7. The Morgan fingerprint density at radius 3 is 1.13 bits per heavy atom. The number of rotatable bonds is 10. The zero-order valence-electron chi connectivity index (χ0n) is 23.7. The minimum absolute atomic E-state index is 0.0432. The Balaban J connectivity index is 1.78. The van der Waals surface area contributed by atoms with Gasteiger partial charge in [-0.15, -0.1) is 0 Å². The highest BCUT2D eigenvalue weighted by Gasteiger charge is 2.24. The molecule has 2 rings (SSSR count). The molecule has 206 valence electrons.